The molecule has 0 radical (unpaired) electrons. The lowest BCUT2D eigenvalue weighted by Gasteiger charge is -2.14. The Labute approximate surface area is 96.6 Å². The Balaban J connectivity index is 2.10. The van der Waals surface area contributed by atoms with Crippen molar-refractivity contribution in [2.75, 3.05) is 11.9 Å². The second-order valence-electron chi connectivity index (χ2n) is 3.37. The van der Waals surface area contributed by atoms with Crippen molar-refractivity contribution >= 4 is 27.8 Å². The topological polar surface area (TPSA) is 36.4 Å². The van der Waals surface area contributed by atoms with Crippen molar-refractivity contribution in [3.63, 3.8) is 0 Å². The van der Waals surface area contributed by atoms with Gasteiger partial charge in [-0.05, 0) is 23.9 Å². The van der Waals surface area contributed by atoms with Gasteiger partial charge in [0.2, 0.25) is 5.88 Å². The van der Waals surface area contributed by atoms with Crippen LogP contribution in [0.3, 0.4) is 0 Å². The van der Waals surface area contributed by atoms with Gasteiger partial charge in [0.25, 0.3) is 0 Å². The minimum absolute atomic E-state index is 0.102. The van der Waals surface area contributed by atoms with Crippen LogP contribution in [-0.2, 0) is 6.54 Å². The molecule has 0 saturated carbocycles. The fourth-order valence-corrected chi connectivity index (χ4v) is 2.89. The van der Waals surface area contributed by atoms with E-state index in [1.165, 1.54) is 21.8 Å². The fourth-order valence-electron chi connectivity index (χ4n) is 1.28. The highest BCUT2D eigenvalue weighted by Crippen LogP contribution is 2.26. The maximum absolute atomic E-state index is 9.16. The molecule has 3 nitrogen and oxygen atoms in total. The van der Waals surface area contributed by atoms with Gasteiger partial charge < -0.3 is 10.0 Å². The summed E-state index contributed by atoms with van der Waals surface area (Å²) in [6, 6.07) is 2.12. The first kappa shape index (κ1) is 10.4. The van der Waals surface area contributed by atoms with Crippen LogP contribution in [0.2, 0.25) is 0 Å². The first-order chi connectivity index (χ1) is 7.16. The van der Waals surface area contributed by atoms with Crippen LogP contribution in [0.25, 0.3) is 0 Å². The molecule has 0 saturated heterocycles. The summed E-state index contributed by atoms with van der Waals surface area (Å²) in [5, 5.41) is 13.7. The zero-order chi connectivity index (χ0) is 10.8. The van der Waals surface area contributed by atoms with E-state index < -0.39 is 0 Å². The molecule has 0 aliphatic rings. The van der Waals surface area contributed by atoms with Crippen molar-refractivity contribution in [3.05, 3.63) is 27.3 Å². The van der Waals surface area contributed by atoms with E-state index >= 15 is 0 Å². The maximum atomic E-state index is 9.16. The van der Waals surface area contributed by atoms with E-state index in [-0.39, 0.29) is 5.88 Å². The smallest absolute Gasteiger partial charge is 0.223 e. The first-order valence-electron chi connectivity index (χ1n) is 4.55. The molecule has 0 unspecified atom stereocenters. The molecule has 0 aromatic carbocycles. The molecule has 0 aliphatic carbocycles. The second-order valence-corrected chi connectivity index (χ2v) is 5.21. The van der Waals surface area contributed by atoms with Gasteiger partial charge in [0.1, 0.15) is 0 Å². The van der Waals surface area contributed by atoms with E-state index in [2.05, 4.69) is 23.4 Å². The number of thiophene rings is 1. The number of aryl methyl sites for hydroxylation is 1. The average Bonchev–Trinajstić information content (AvgIpc) is 2.77. The molecule has 80 valence electrons. The Hall–Kier alpha value is -1.07. The largest absolute Gasteiger partial charge is 0.493 e. The second kappa shape index (κ2) is 4.20. The van der Waals surface area contributed by atoms with Gasteiger partial charge in [-0.3, -0.25) is 0 Å². The van der Waals surface area contributed by atoms with Gasteiger partial charge in [-0.25, -0.2) is 0 Å². The molecule has 0 fully saturated rings. The molecule has 2 aromatic rings. The number of anilines is 1. The Morgan fingerprint density at radius 3 is 2.80 bits per heavy atom. The third kappa shape index (κ3) is 2.30. The van der Waals surface area contributed by atoms with E-state index in [1.54, 1.807) is 16.7 Å². The lowest BCUT2D eigenvalue weighted by molar-refractivity contribution is 0.457. The van der Waals surface area contributed by atoms with Crippen LogP contribution in [0.4, 0.5) is 5.13 Å². The molecular formula is C10H12N2OS2. The van der Waals surface area contributed by atoms with E-state index in [0.717, 1.165) is 11.7 Å². The van der Waals surface area contributed by atoms with E-state index in [1.807, 2.05) is 11.9 Å². The SMILES string of the molecule is Cc1ccsc1CN(C)c1nc(O)cs1. The van der Waals surface area contributed by atoms with Crippen LogP contribution in [0, 0.1) is 6.92 Å². The van der Waals surface area contributed by atoms with E-state index in [0.29, 0.717) is 0 Å². The van der Waals surface area contributed by atoms with Crippen LogP contribution < -0.4 is 4.90 Å². The molecule has 5 heteroatoms. The molecule has 0 atom stereocenters. The highest BCUT2D eigenvalue weighted by Gasteiger charge is 2.09. The molecule has 0 amide bonds. The zero-order valence-corrected chi connectivity index (χ0v) is 10.2. The Kier molecular flexibility index (Phi) is 2.93. The van der Waals surface area contributed by atoms with Crippen molar-refractivity contribution in [1.82, 2.24) is 4.98 Å². The van der Waals surface area contributed by atoms with Crippen molar-refractivity contribution in [2.45, 2.75) is 13.5 Å². The van der Waals surface area contributed by atoms with Crippen molar-refractivity contribution < 1.29 is 5.11 Å². The van der Waals surface area contributed by atoms with Crippen LogP contribution >= 0.6 is 22.7 Å². The molecule has 0 aliphatic heterocycles. The number of aromatic nitrogens is 1. The van der Waals surface area contributed by atoms with Crippen molar-refractivity contribution in [2.24, 2.45) is 0 Å². The van der Waals surface area contributed by atoms with Gasteiger partial charge in [-0.2, -0.15) is 4.98 Å². The molecule has 2 heterocycles. The van der Waals surface area contributed by atoms with Gasteiger partial charge in [-0.15, -0.1) is 22.7 Å². The van der Waals surface area contributed by atoms with Gasteiger partial charge in [0, 0.05) is 11.9 Å². The minimum atomic E-state index is 0.102. The summed E-state index contributed by atoms with van der Waals surface area (Å²) < 4.78 is 0. The highest BCUT2D eigenvalue weighted by molar-refractivity contribution is 7.14. The predicted octanol–water partition coefficient (Wildman–Crippen LogP) is 2.86. The molecule has 2 rings (SSSR count). The van der Waals surface area contributed by atoms with Crippen LogP contribution in [0.15, 0.2) is 16.8 Å². The highest BCUT2D eigenvalue weighted by atomic mass is 32.1. The monoisotopic (exact) mass is 240 g/mol. The average molecular weight is 240 g/mol. The number of thiazole rings is 1. The van der Waals surface area contributed by atoms with Crippen LogP contribution in [-0.4, -0.2) is 17.1 Å². The predicted molar refractivity (Wildman–Crippen MR) is 64.9 cm³/mol. The van der Waals surface area contributed by atoms with E-state index in [9.17, 15) is 0 Å². The van der Waals surface area contributed by atoms with Crippen molar-refractivity contribution in [1.29, 1.82) is 0 Å². The lowest BCUT2D eigenvalue weighted by Crippen LogP contribution is -2.15. The quantitative estimate of drug-likeness (QED) is 0.896. The van der Waals surface area contributed by atoms with Gasteiger partial charge in [0.05, 0.1) is 11.9 Å². The minimum Gasteiger partial charge on any atom is -0.493 e. The maximum Gasteiger partial charge on any atom is 0.223 e. The number of hydrogen-bond donors (Lipinski definition) is 1. The molecule has 15 heavy (non-hydrogen) atoms. The molecule has 0 bridgehead atoms. The standard InChI is InChI=1S/C10H12N2OS2/c1-7-3-4-14-8(7)5-12(2)10-11-9(13)6-15-10/h3-4,6,13H,5H2,1-2H3. The summed E-state index contributed by atoms with van der Waals surface area (Å²) in [4.78, 5) is 7.41. The fraction of sp³-hybridized carbons (Fsp3) is 0.300. The molecular weight excluding hydrogens is 228 g/mol. The Morgan fingerprint density at radius 2 is 2.27 bits per heavy atom. The Morgan fingerprint density at radius 1 is 1.47 bits per heavy atom. The van der Waals surface area contributed by atoms with Crippen LogP contribution in [0.5, 0.6) is 5.88 Å². The van der Waals surface area contributed by atoms with E-state index in [4.69, 9.17) is 5.11 Å². The van der Waals surface area contributed by atoms with Gasteiger partial charge >= 0.3 is 0 Å². The summed E-state index contributed by atoms with van der Waals surface area (Å²) in [5.41, 5.74) is 1.31. The number of nitrogens with zero attached hydrogens (tertiary/aromatic N) is 2. The summed E-state index contributed by atoms with van der Waals surface area (Å²) in [6.45, 7) is 2.95. The third-order valence-electron chi connectivity index (χ3n) is 2.16. The summed E-state index contributed by atoms with van der Waals surface area (Å²) in [5.74, 6) is 0.102. The van der Waals surface area contributed by atoms with Crippen LogP contribution in [0.1, 0.15) is 10.4 Å². The number of hydrogen-bond acceptors (Lipinski definition) is 5. The zero-order valence-electron chi connectivity index (χ0n) is 8.60. The number of aromatic hydroxyl groups is 1. The van der Waals surface area contributed by atoms with Gasteiger partial charge in [-0.1, -0.05) is 0 Å². The number of rotatable bonds is 3. The third-order valence-corrected chi connectivity index (χ3v) is 4.11. The van der Waals surface area contributed by atoms with Gasteiger partial charge in [0.15, 0.2) is 5.13 Å². The normalized spacial score (nSPS) is 10.5. The Bertz CT molecular complexity index is 450. The summed E-state index contributed by atoms with van der Waals surface area (Å²) in [7, 11) is 1.98. The molecule has 1 N–H and O–H groups in total. The summed E-state index contributed by atoms with van der Waals surface area (Å²) >= 11 is 3.21. The summed E-state index contributed by atoms with van der Waals surface area (Å²) in [6.07, 6.45) is 0. The molecule has 0 spiro atoms. The molecule has 2 aromatic heterocycles. The lowest BCUT2D eigenvalue weighted by atomic mass is 10.3. The first-order valence-corrected chi connectivity index (χ1v) is 6.31. The van der Waals surface area contributed by atoms with Crippen molar-refractivity contribution in [3.8, 4) is 5.88 Å².